The van der Waals surface area contributed by atoms with E-state index < -0.39 is 0 Å². The van der Waals surface area contributed by atoms with Crippen molar-refractivity contribution in [3.63, 3.8) is 0 Å². The second-order valence-corrected chi connectivity index (χ2v) is 13.3. The molecule has 4 rings (SSSR count). The van der Waals surface area contributed by atoms with Gasteiger partial charge < -0.3 is 5.11 Å². The first-order valence-corrected chi connectivity index (χ1v) is 13.3. The highest BCUT2D eigenvalue weighted by Crippen LogP contribution is 2.68. The molecule has 0 amide bonds. The van der Waals surface area contributed by atoms with Gasteiger partial charge in [-0.1, -0.05) is 65.3 Å². The lowest BCUT2D eigenvalue weighted by Crippen LogP contribution is -2.57. The highest BCUT2D eigenvalue weighted by Gasteiger charge is 2.61. The molecule has 30 heavy (non-hydrogen) atoms. The molecule has 2 heteroatoms. The number of allylic oxidation sites excluding steroid dienone is 4. The summed E-state index contributed by atoms with van der Waals surface area (Å²) in [4.78, 5) is 0. The predicted molar refractivity (Wildman–Crippen MR) is 132 cm³/mol. The van der Waals surface area contributed by atoms with Crippen molar-refractivity contribution in [2.24, 2.45) is 46.3 Å². The molecule has 0 aromatic rings. The minimum atomic E-state index is -0.156. The van der Waals surface area contributed by atoms with Crippen LogP contribution in [-0.4, -0.2) is 16.0 Å². The van der Waals surface area contributed by atoms with Gasteiger partial charge in [-0.05, 0) is 97.7 Å². The van der Waals surface area contributed by atoms with E-state index in [1.807, 2.05) is 0 Å². The summed E-state index contributed by atoms with van der Waals surface area (Å²) in [6.07, 6.45) is 16.9. The molecular weight excluding hydrogens is 384 g/mol. The molecule has 0 aromatic heterocycles. The molecule has 0 heterocycles. The SMILES string of the molecule is CC(C)[C@@H](C)/C=C/[C@@H](C)[C@H]1CC[C@H]2C3=CC[C@@]4(S)C[C@@H](O)CC[C@]4(C)[C@H]3CC[C@]12C. The van der Waals surface area contributed by atoms with Crippen molar-refractivity contribution in [2.45, 2.75) is 104 Å². The smallest absolute Gasteiger partial charge is 0.0554 e. The van der Waals surface area contributed by atoms with Gasteiger partial charge in [-0.2, -0.15) is 12.6 Å². The lowest BCUT2D eigenvalue weighted by Gasteiger charge is -2.61. The Morgan fingerprint density at radius 2 is 1.73 bits per heavy atom. The van der Waals surface area contributed by atoms with Crippen LogP contribution in [0.25, 0.3) is 0 Å². The molecular formula is C28H46OS. The Morgan fingerprint density at radius 3 is 2.43 bits per heavy atom. The standard InChI is InChI=1S/C28H46OS/c1-18(2)19(3)7-8-20(4)23-9-10-24-22-12-16-28(30)17-21(29)11-15-27(28,6)25(22)13-14-26(23,24)5/h7-8,12,18-21,23-25,29-30H,9-11,13-17H2,1-6H3/b8-7+/t19-,20+,21-,23+,24-,25-,26+,27+,28+/m0/s1. The Morgan fingerprint density at radius 1 is 1.00 bits per heavy atom. The second kappa shape index (κ2) is 7.98. The third-order valence-corrected chi connectivity index (χ3v) is 11.5. The van der Waals surface area contributed by atoms with E-state index in [0.717, 1.165) is 43.4 Å². The van der Waals surface area contributed by atoms with Gasteiger partial charge in [0.25, 0.3) is 0 Å². The van der Waals surface area contributed by atoms with Gasteiger partial charge >= 0.3 is 0 Å². The van der Waals surface area contributed by atoms with Crippen LogP contribution >= 0.6 is 12.6 Å². The average Bonchev–Trinajstić information content (AvgIpc) is 3.04. The van der Waals surface area contributed by atoms with Crippen LogP contribution in [0.3, 0.4) is 0 Å². The summed E-state index contributed by atoms with van der Waals surface area (Å²) in [5.74, 6) is 4.31. The zero-order chi connectivity index (χ0) is 21.9. The lowest BCUT2D eigenvalue weighted by atomic mass is 9.47. The number of aliphatic hydroxyl groups is 1. The van der Waals surface area contributed by atoms with Crippen LogP contribution < -0.4 is 0 Å². The largest absolute Gasteiger partial charge is 0.393 e. The van der Waals surface area contributed by atoms with Crippen LogP contribution in [0.1, 0.15) is 92.9 Å². The van der Waals surface area contributed by atoms with Crippen molar-refractivity contribution in [1.29, 1.82) is 0 Å². The van der Waals surface area contributed by atoms with Gasteiger partial charge in [0, 0.05) is 4.75 Å². The average molecular weight is 431 g/mol. The molecule has 170 valence electrons. The predicted octanol–water partition coefficient (Wildman–Crippen LogP) is 7.46. The van der Waals surface area contributed by atoms with E-state index in [0.29, 0.717) is 23.2 Å². The monoisotopic (exact) mass is 430 g/mol. The molecule has 4 aliphatic rings. The highest BCUT2D eigenvalue weighted by atomic mass is 32.1. The van der Waals surface area contributed by atoms with Crippen molar-refractivity contribution in [2.75, 3.05) is 0 Å². The first kappa shape index (κ1) is 23.0. The molecule has 0 unspecified atom stereocenters. The van der Waals surface area contributed by atoms with Gasteiger partial charge in [0.05, 0.1) is 6.10 Å². The first-order valence-electron chi connectivity index (χ1n) is 12.8. The Labute approximate surface area is 191 Å². The van der Waals surface area contributed by atoms with Crippen molar-refractivity contribution in [3.05, 3.63) is 23.8 Å². The van der Waals surface area contributed by atoms with Gasteiger partial charge in [-0.15, -0.1) is 0 Å². The molecule has 1 N–H and O–H groups in total. The maximum atomic E-state index is 10.4. The van der Waals surface area contributed by atoms with Crippen molar-refractivity contribution in [3.8, 4) is 0 Å². The maximum absolute atomic E-state index is 10.4. The molecule has 3 saturated carbocycles. The van der Waals surface area contributed by atoms with E-state index in [-0.39, 0.29) is 16.3 Å². The van der Waals surface area contributed by atoms with Crippen LogP contribution in [-0.2, 0) is 0 Å². The van der Waals surface area contributed by atoms with Gasteiger partial charge in [0.15, 0.2) is 0 Å². The molecule has 4 aliphatic carbocycles. The zero-order valence-corrected chi connectivity index (χ0v) is 21.2. The number of rotatable bonds is 4. The number of thiol groups is 1. The van der Waals surface area contributed by atoms with Crippen LogP contribution in [0.5, 0.6) is 0 Å². The van der Waals surface area contributed by atoms with E-state index in [2.05, 4.69) is 59.8 Å². The molecule has 0 aromatic carbocycles. The third kappa shape index (κ3) is 3.47. The molecule has 0 aliphatic heterocycles. The van der Waals surface area contributed by atoms with Crippen LogP contribution in [0.2, 0.25) is 0 Å². The fourth-order valence-corrected chi connectivity index (χ4v) is 8.67. The van der Waals surface area contributed by atoms with Crippen LogP contribution in [0.4, 0.5) is 0 Å². The van der Waals surface area contributed by atoms with E-state index in [4.69, 9.17) is 12.6 Å². The Hall–Kier alpha value is -0.210. The van der Waals surface area contributed by atoms with Crippen molar-refractivity contribution < 1.29 is 5.11 Å². The minimum absolute atomic E-state index is 0.0202. The second-order valence-electron chi connectivity index (χ2n) is 12.4. The Bertz CT molecular complexity index is 709. The third-order valence-electron chi connectivity index (χ3n) is 10.7. The molecule has 1 nitrogen and oxygen atoms in total. The first-order chi connectivity index (χ1) is 14.0. The summed E-state index contributed by atoms with van der Waals surface area (Å²) in [7, 11) is 0. The van der Waals surface area contributed by atoms with Gasteiger partial charge in [-0.25, -0.2) is 0 Å². The molecule has 0 saturated heterocycles. The maximum Gasteiger partial charge on any atom is 0.0554 e. The Balaban J connectivity index is 1.57. The van der Waals surface area contributed by atoms with Crippen LogP contribution in [0.15, 0.2) is 23.8 Å². The fourth-order valence-electron chi connectivity index (χ4n) is 8.10. The van der Waals surface area contributed by atoms with Gasteiger partial charge in [-0.3, -0.25) is 0 Å². The summed E-state index contributed by atoms with van der Waals surface area (Å²) in [6.45, 7) is 14.6. The molecule has 0 radical (unpaired) electrons. The topological polar surface area (TPSA) is 20.2 Å². The van der Waals surface area contributed by atoms with E-state index in [1.54, 1.807) is 5.57 Å². The quantitative estimate of drug-likeness (QED) is 0.350. The van der Waals surface area contributed by atoms with Gasteiger partial charge in [0.1, 0.15) is 0 Å². The summed E-state index contributed by atoms with van der Waals surface area (Å²) >= 11 is 5.26. The normalized spacial score (nSPS) is 48.1. The summed E-state index contributed by atoms with van der Waals surface area (Å²) < 4.78 is -0.0202. The zero-order valence-electron chi connectivity index (χ0n) is 20.3. The Kier molecular flexibility index (Phi) is 6.11. The molecule has 0 spiro atoms. The van der Waals surface area contributed by atoms with Crippen molar-refractivity contribution >= 4 is 12.6 Å². The summed E-state index contributed by atoms with van der Waals surface area (Å²) in [5.41, 5.74) is 2.49. The summed E-state index contributed by atoms with van der Waals surface area (Å²) in [5, 5.41) is 10.4. The van der Waals surface area contributed by atoms with E-state index in [9.17, 15) is 5.11 Å². The lowest BCUT2D eigenvalue weighted by molar-refractivity contribution is -0.0243. The highest BCUT2D eigenvalue weighted by molar-refractivity contribution is 7.81. The van der Waals surface area contributed by atoms with Crippen LogP contribution in [0, 0.1) is 46.3 Å². The molecule has 3 fully saturated rings. The number of hydrogen-bond donors (Lipinski definition) is 2. The van der Waals surface area contributed by atoms with E-state index in [1.165, 1.54) is 25.7 Å². The number of fused-ring (bicyclic) bond motifs is 5. The van der Waals surface area contributed by atoms with E-state index >= 15 is 0 Å². The number of aliphatic hydroxyl groups excluding tert-OH is 1. The molecule has 9 atom stereocenters. The van der Waals surface area contributed by atoms with Crippen molar-refractivity contribution in [1.82, 2.24) is 0 Å². The minimum Gasteiger partial charge on any atom is -0.393 e. The number of hydrogen-bond acceptors (Lipinski definition) is 2. The molecule has 0 bridgehead atoms. The fraction of sp³-hybridized carbons (Fsp3) is 0.857. The van der Waals surface area contributed by atoms with Gasteiger partial charge in [0.2, 0.25) is 0 Å². The summed E-state index contributed by atoms with van der Waals surface area (Å²) in [6, 6.07) is 0.